The lowest BCUT2D eigenvalue weighted by molar-refractivity contribution is 0.0895. The van der Waals surface area contributed by atoms with Crippen LogP contribution in [0.2, 0.25) is 0 Å². The van der Waals surface area contributed by atoms with E-state index in [1.165, 1.54) is 10.8 Å². The van der Waals surface area contributed by atoms with Crippen molar-refractivity contribution in [2.45, 2.75) is 25.6 Å². The van der Waals surface area contributed by atoms with E-state index < -0.39 is 46.8 Å². The molecule has 1 atom stereocenters. The molecule has 0 saturated heterocycles. The van der Waals surface area contributed by atoms with Crippen LogP contribution in [-0.2, 0) is 13.2 Å². The maximum atomic E-state index is 14.0. The van der Waals surface area contributed by atoms with Crippen LogP contribution in [-0.4, -0.2) is 29.5 Å². The second-order valence-electron chi connectivity index (χ2n) is 8.20. The van der Waals surface area contributed by atoms with Crippen molar-refractivity contribution in [3.05, 3.63) is 98.7 Å². The lowest BCUT2D eigenvalue weighted by Gasteiger charge is -2.30. The number of ether oxygens (including phenoxy) is 1. The minimum Gasteiger partial charge on any atom is -0.483 e. The summed E-state index contributed by atoms with van der Waals surface area (Å²) in [6.07, 6.45) is 1.65. The van der Waals surface area contributed by atoms with Gasteiger partial charge in [0.1, 0.15) is 29.6 Å². The zero-order chi connectivity index (χ0) is 25.8. The van der Waals surface area contributed by atoms with Crippen molar-refractivity contribution in [2.24, 2.45) is 5.73 Å². The van der Waals surface area contributed by atoms with Gasteiger partial charge in [0.05, 0.1) is 6.04 Å². The van der Waals surface area contributed by atoms with E-state index in [0.717, 1.165) is 5.56 Å². The number of fused-ring (bicyclic) bond motifs is 1. The Bertz CT molecular complexity index is 1340. The van der Waals surface area contributed by atoms with Crippen LogP contribution < -0.4 is 26.5 Å². The molecule has 1 aromatic heterocycles. The summed E-state index contributed by atoms with van der Waals surface area (Å²) >= 11 is 0. The molecule has 0 saturated carbocycles. The van der Waals surface area contributed by atoms with Gasteiger partial charge in [0.25, 0.3) is 11.8 Å². The molecule has 36 heavy (non-hydrogen) atoms. The average Bonchev–Trinajstić information content (AvgIpc) is 2.85. The Hall–Kier alpha value is -4.12. The predicted octanol–water partition coefficient (Wildman–Crippen LogP) is 2.41. The summed E-state index contributed by atoms with van der Waals surface area (Å²) in [4.78, 5) is 39.0. The standard InChI is InChI=1S/C25H23F3N4O4/c26-15-8-19(27)17(20(28)9-15)11-31-24(34)18-12-32-16(6-7-29)10-30-25(35)21(32)23(22(18)33)36-13-14-4-2-1-3-5-14/h1-5,8-9,12,16H,6-7,10-11,13,29H2,(H,30,35)(H,31,34)/t16-/m0/s1. The minimum atomic E-state index is -1.18. The number of pyridine rings is 1. The Morgan fingerprint density at radius 3 is 2.50 bits per heavy atom. The van der Waals surface area contributed by atoms with E-state index in [4.69, 9.17) is 10.5 Å². The van der Waals surface area contributed by atoms with Crippen molar-refractivity contribution in [1.29, 1.82) is 0 Å². The highest BCUT2D eigenvalue weighted by molar-refractivity contribution is 5.99. The molecular weight excluding hydrogens is 477 g/mol. The van der Waals surface area contributed by atoms with Gasteiger partial charge in [-0.15, -0.1) is 0 Å². The Labute approximate surface area is 203 Å². The third kappa shape index (κ3) is 5.10. The summed E-state index contributed by atoms with van der Waals surface area (Å²) < 4.78 is 48.4. The molecule has 1 aliphatic heterocycles. The molecule has 0 bridgehead atoms. The first-order chi connectivity index (χ1) is 17.3. The van der Waals surface area contributed by atoms with Crippen LogP contribution in [0.5, 0.6) is 5.75 Å². The summed E-state index contributed by atoms with van der Waals surface area (Å²) in [5.41, 5.74) is 4.57. The van der Waals surface area contributed by atoms with Crippen LogP contribution >= 0.6 is 0 Å². The predicted molar refractivity (Wildman–Crippen MR) is 124 cm³/mol. The number of halogens is 3. The Morgan fingerprint density at radius 2 is 1.83 bits per heavy atom. The average molecular weight is 500 g/mol. The van der Waals surface area contributed by atoms with Crippen LogP contribution in [0, 0.1) is 17.5 Å². The lowest BCUT2D eigenvalue weighted by Crippen LogP contribution is -2.43. The maximum absolute atomic E-state index is 14.0. The van der Waals surface area contributed by atoms with Gasteiger partial charge in [-0.3, -0.25) is 14.4 Å². The number of hydrogen-bond acceptors (Lipinski definition) is 5. The normalized spacial score (nSPS) is 14.7. The highest BCUT2D eigenvalue weighted by atomic mass is 19.1. The van der Waals surface area contributed by atoms with Crippen LogP contribution in [0.1, 0.15) is 44.4 Å². The summed E-state index contributed by atoms with van der Waals surface area (Å²) in [7, 11) is 0. The second kappa shape index (κ2) is 10.6. The number of amides is 2. The molecule has 2 amide bonds. The van der Waals surface area contributed by atoms with Gasteiger partial charge in [0.15, 0.2) is 11.4 Å². The van der Waals surface area contributed by atoms with Crippen LogP contribution in [0.15, 0.2) is 53.5 Å². The number of benzene rings is 2. The number of nitrogens with zero attached hydrogens (tertiary/aromatic N) is 1. The van der Waals surface area contributed by atoms with E-state index in [1.807, 2.05) is 6.07 Å². The molecule has 0 unspecified atom stereocenters. The molecule has 0 aliphatic carbocycles. The quantitative estimate of drug-likeness (QED) is 0.440. The molecule has 0 spiro atoms. The molecule has 0 radical (unpaired) electrons. The number of carbonyl (C=O) groups is 2. The summed E-state index contributed by atoms with van der Waals surface area (Å²) in [6, 6.07) is 9.52. The topological polar surface area (TPSA) is 115 Å². The van der Waals surface area contributed by atoms with Gasteiger partial charge in [-0.25, -0.2) is 13.2 Å². The third-order valence-electron chi connectivity index (χ3n) is 5.80. The van der Waals surface area contributed by atoms with Gasteiger partial charge in [-0.1, -0.05) is 30.3 Å². The maximum Gasteiger partial charge on any atom is 0.272 e. The van der Waals surface area contributed by atoms with E-state index in [9.17, 15) is 27.6 Å². The first-order valence-electron chi connectivity index (χ1n) is 11.2. The Kier molecular flexibility index (Phi) is 7.39. The summed E-state index contributed by atoms with van der Waals surface area (Å²) in [5.74, 6) is -5.28. The van der Waals surface area contributed by atoms with Gasteiger partial charge in [0.2, 0.25) is 5.43 Å². The number of hydrogen-bond donors (Lipinski definition) is 3. The molecule has 3 aromatic rings. The number of aromatic nitrogens is 1. The fourth-order valence-corrected chi connectivity index (χ4v) is 3.97. The fraction of sp³-hybridized carbons (Fsp3) is 0.240. The molecule has 4 N–H and O–H groups in total. The molecule has 11 heteroatoms. The largest absolute Gasteiger partial charge is 0.483 e. The molecule has 2 aromatic carbocycles. The van der Waals surface area contributed by atoms with Crippen molar-refractivity contribution in [3.63, 3.8) is 0 Å². The molecule has 2 heterocycles. The highest BCUT2D eigenvalue weighted by Gasteiger charge is 2.32. The number of nitrogens with one attached hydrogen (secondary N) is 2. The number of carbonyl (C=O) groups excluding carboxylic acids is 2. The van der Waals surface area contributed by atoms with E-state index in [-0.39, 0.29) is 42.7 Å². The fourth-order valence-electron chi connectivity index (χ4n) is 3.97. The van der Waals surface area contributed by atoms with Crippen molar-refractivity contribution >= 4 is 11.8 Å². The van der Waals surface area contributed by atoms with Crippen molar-refractivity contribution < 1.29 is 27.5 Å². The number of nitrogens with two attached hydrogens (primary N) is 1. The van der Waals surface area contributed by atoms with E-state index in [2.05, 4.69) is 10.6 Å². The van der Waals surface area contributed by atoms with Gasteiger partial charge < -0.3 is 25.7 Å². The van der Waals surface area contributed by atoms with Crippen molar-refractivity contribution in [2.75, 3.05) is 13.1 Å². The minimum absolute atomic E-state index is 0.0466. The molecule has 8 nitrogen and oxygen atoms in total. The van der Waals surface area contributed by atoms with Crippen molar-refractivity contribution in [3.8, 4) is 5.75 Å². The summed E-state index contributed by atoms with van der Waals surface area (Å²) in [6.45, 7) is -0.187. The molecule has 1 aliphatic rings. The van der Waals surface area contributed by atoms with E-state index in [0.29, 0.717) is 18.6 Å². The zero-order valence-electron chi connectivity index (χ0n) is 19.0. The smallest absolute Gasteiger partial charge is 0.272 e. The Morgan fingerprint density at radius 1 is 1.14 bits per heavy atom. The molecule has 0 fully saturated rings. The molecular formula is C25H23F3N4O4. The zero-order valence-corrected chi connectivity index (χ0v) is 19.0. The lowest BCUT2D eigenvalue weighted by atomic mass is 10.1. The van der Waals surface area contributed by atoms with Gasteiger partial charge in [-0.05, 0) is 18.5 Å². The summed E-state index contributed by atoms with van der Waals surface area (Å²) in [5, 5.41) is 4.99. The van der Waals surface area contributed by atoms with Crippen molar-refractivity contribution in [1.82, 2.24) is 15.2 Å². The number of rotatable bonds is 8. The van der Waals surface area contributed by atoms with Gasteiger partial charge in [0, 0.05) is 37.0 Å². The van der Waals surface area contributed by atoms with Crippen LogP contribution in [0.25, 0.3) is 0 Å². The first kappa shape index (κ1) is 25.0. The highest BCUT2D eigenvalue weighted by Crippen LogP contribution is 2.25. The second-order valence-corrected chi connectivity index (χ2v) is 8.20. The monoisotopic (exact) mass is 500 g/mol. The van der Waals surface area contributed by atoms with Crippen LogP contribution in [0.3, 0.4) is 0 Å². The van der Waals surface area contributed by atoms with E-state index in [1.54, 1.807) is 24.3 Å². The first-order valence-corrected chi connectivity index (χ1v) is 11.2. The Balaban J connectivity index is 1.71. The third-order valence-corrected chi connectivity index (χ3v) is 5.80. The molecule has 188 valence electrons. The molecule has 4 rings (SSSR count). The van der Waals surface area contributed by atoms with Gasteiger partial charge >= 0.3 is 0 Å². The SMILES string of the molecule is NCC[C@H]1CNC(=O)c2c(OCc3ccccc3)c(=O)c(C(=O)NCc3c(F)cc(F)cc3F)cn21. The van der Waals surface area contributed by atoms with Gasteiger partial charge in [-0.2, -0.15) is 0 Å². The van der Waals surface area contributed by atoms with E-state index >= 15 is 0 Å². The van der Waals surface area contributed by atoms with Crippen LogP contribution in [0.4, 0.5) is 13.2 Å².